The average Bonchev–Trinajstić information content (AvgIpc) is 2.35. The quantitative estimate of drug-likeness (QED) is 0.709. The molecule has 9 heteroatoms. The largest absolute Gasteiger partial charge is 0.478 e. The number of hydrogen-bond acceptors (Lipinski definition) is 5. The second-order valence-electron chi connectivity index (χ2n) is 3.59. The number of primary amides is 1. The Hall–Kier alpha value is -2.00. The molecule has 1 rings (SSSR count). The molecule has 0 bridgehead atoms. The molecule has 19 heavy (non-hydrogen) atoms. The predicted molar refractivity (Wildman–Crippen MR) is 64.8 cm³/mol. The molecule has 1 amide bonds. The number of carboxylic acid groups (broad SMARTS) is 1. The van der Waals surface area contributed by atoms with Crippen LogP contribution >= 0.6 is 0 Å². The van der Waals surface area contributed by atoms with Crippen LogP contribution in [-0.4, -0.2) is 47.8 Å². The number of nitrogens with two attached hydrogens (primary N) is 1. The first-order chi connectivity index (χ1) is 8.78. The lowest BCUT2D eigenvalue weighted by Gasteiger charge is -2.17. The van der Waals surface area contributed by atoms with E-state index in [1.807, 2.05) is 0 Å². The number of carbonyl (C=O) groups excluding carboxylic acids is 1. The zero-order valence-electron chi connectivity index (χ0n) is 10.1. The summed E-state index contributed by atoms with van der Waals surface area (Å²) >= 11 is 0. The first-order valence-corrected chi connectivity index (χ1v) is 6.70. The molecule has 0 fully saturated rings. The minimum absolute atomic E-state index is 0.0492. The molecule has 1 aromatic heterocycles. The topological polar surface area (TPSA) is 131 Å². The molecular formula is C10H13N3O5S. The Morgan fingerprint density at radius 2 is 2.05 bits per heavy atom. The zero-order valence-corrected chi connectivity index (χ0v) is 10.9. The molecule has 0 aliphatic rings. The monoisotopic (exact) mass is 287 g/mol. The van der Waals surface area contributed by atoms with Crippen molar-refractivity contribution in [2.45, 2.75) is 11.9 Å². The Balaban J connectivity index is 3.11. The summed E-state index contributed by atoms with van der Waals surface area (Å²) in [6.45, 7) is 1.14. The average molecular weight is 287 g/mol. The van der Waals surface area contributed by atoms with E-state index in [0.717, 1.165) is 22.6 Å². The van der Waals surface area contributed by atoms with Gasteiger partial charge in [-0.2, -0.15) is 4.31 Å². The van der Waals surface area contributed by atoms with E-state index >= 15 is 0 Å². The summed E-state index contributed by atoms with van der Waals surface area (Å²) in [6.07, 6.45) is 0.938. The van der Waals surface area contributed by atoms with Gasteiger partial charge in [-0.1, -0.05) is 6.92 Å². The van der Waals surface area contributed by atoms with Crippen molar-refractivity contribution in [2.75, 3.05) is 13.1 Å². The molecule has 1 heterocycles. The van der Waals surface area contributed by atoms with Crippen molar-refractivity contribution in [2.24, 2.45) is 5.73 Å². The van der Waals surface area contributed by atoms with Gasteiger partial charge in [-0.3, -0.25) is 4.79 Å². The highest BCUT2D eigenvalue weighted by molar-refractivity contribution is 7.89. The summed E-state index contributed by atoms with van der Waals surface area (Å²) in [7, 11) is -3.96. The van der Waals surface area contributed by atoms with Crippen molar-refractivity contribution in [3.63, 3.8) is 0 Å². The summed E-state index contributed by atoms with van der Waals surface area (Å²) in [6, 6.07) is 2.20. The first-order valence-electron chi connectivity index (χ1n) is 5.26. The SMILES string of the molecule is CCN(CC(N)=O)S(=O)(=O)c1ccc(C(=O)O)cn1. The number of likely N-dealkylation sites (N-methyl/N-ethyl adjacent to an activating group) is 1. The van der Waals surface area contributed by atoms with Gasteiger partial charge in [0.05, 0.1) is 12.1 Å². The molecule has 0 aromatic carbocycles. The van der Waals surface area contributed by atoms with E-state index in [2.05, 4.69) is 4.98 Å². The van der Waals surface area contributed by atoms with Crippen molar-refractivity contribution >= 4 is 21.9 Å². The van der Waals surface area contributed by atoms with Gasteiger partial charge >= 0.3 is 5.97 Å². The van der Waals surface area contributed by atoms with Crippen LogP contribution in [0.1, 0.15) is 17.3 Å². The van der Waals surface area contributed by atoms with E-state index in [1.54, 1.807) is 6.92 Å². The third-order valence-corrected chi connectivity index (χ3v) is 4.11. The van der Waals surface area contributed by atoms with Gasteiger partial charge in [0.15, 0.2) is 5.03 Å². The lowest BCUT2D eigenvalue weighted by atomic mass is 10.3. The first kappa shape index (κ1) is 15.1. The van der Waals surface area contributed by atoms with Gasteiger partial charge in [0.2, 0.25) is 5.91 Å². The van der Waals surface area contributed by atoms with Gasteiger partial charge in [-0.25, -0.2) is 18.2 Å². The van der Waals surface area contributed by atoms with Crippen LogP contribution in [0.5, 0.6) is 0 Å². The van der Waals surface area contributed by atoms with E-state index in [-0.39, 0.29) is 17.1 Å². The Kier molecular flexibility index (Phi) is 4.57. The highest BCUT2D eigenvalue weighted by atomic mass is 32.2. The van der Waals surface area contributed by atoms with Crippen LogP contribution in [0.15, 0.2) is 23.4 Å². The van der Waals surface area contributed by atoms with Crippen LogP contribution < -0.4 is 5.73 Å². The van der Waals surface area contributed by atoms with Crippen molar-refractivity contribution < 1.29 is 23.1 Å². The number of aromatic carboxylic acids is 1. The normalized spacial score (nSPS) is 11.5. The molecule has 0 saturated heterocycles. The van der Waals surface area contributed by atoms with Crippen molar-refractivity contribution in [1.29, 1.82) is 0 Å². The number of carboxylic acids is 1. The maximum atomic E-state index is 12.1. The standard InChI is InChI=1S/C10H13N3O5S/c1-2-13(6-8(11)14)19(17,18)9-4-3-7(5-12-9)10(15)16/h3-5H,2,6H2,1H3,(H2,11,14)(H,15,16). The molecule has 0 saturated carbocycles. The zero-order chi connectivity index (χ0) is 14.6. The molecule has 0 aliphatic carbocycles. The van der Waals surface area contributed by atoms with Crippen molar-refractivity contribution in [3.05, 3.63) is 23.9 Å². The Bertz CT molecular complexity index is 582. The Labute approximate surface area is 109 Å². The predicted octanol–water partition coefficient (Wildman–Crippen LogP) is -0.724. The van der Waals surface area contributed by atoms with Gasteiger partial charge in [-0.05, 0) is 12.1 Å². The van der Waals surface area contributed by atoms with Gasteiger partial charge < -0.3 is 10.8 Å². The number of hydrogen-bond donors (Lipinski definition) is 2. The number of amides is 1. The molecule has 0 atom stereocenters. The summed E-state index contributed by atoms with van der Waals surface area (Å²) in [5.74, 6) is -1.99. The highest BCUT2D eigenvalue weighted by Crippen LogP contribution is 2.13. The summed E-state index contributed by atoms with van der Waals surface area (Å²) < 4.78 is 25.0. The third-order valence-electron chi connectivity index (χ3n) is 2.27. The van der Waals surface area contributed by atoms with Gasteiger partial charge in [0, 0.05) is 12.7 Å². The van der Waals surface area contributed by atoms with Crippen LogP contribution in [0.25, 0.3) is 0 Å². The minimum atomic E-state index is -3.96. The summed E-state index contributed by atoms with van der Waals surface area (Å²) in [4.78, 5) is 25.0. The maximum absolute atomic E-state index is 12.1. The van der Waals surface area contributed by atoms with E-state index < -0.39 is 28.4 Å². The number of sulfonamides is 1. The van der Waals surface area contributed by atoms with Crippen LogP contribution in [-0.2, 0) is 14.8 Å². The fraction of sp³-hybridized carbons (Fsp3) is 0.300. The third kappa shape index (κ3) is 3.48. The summed E-state index contributed by atoms with van der Waals surface area (Å²) in [5, 5.41) is 8.36. The second kappa shape index (κ2) is 5.76. The highest BCUT2D eigenvalue weighted by Gasteiger charge is 2.25. The van der Waals surface area contributed by atoms with Gasteiger partial charge in [-0.15, -0.1) is 0 Å². The molecule has 3 N–H and O–H groups in total. The number of carbonyl (C=O) groups is 2. The second-order valence-corrected chi connectivity index (χ2v) is 5.47. The number of pyridine rings is 1. The van der Waals surface area contributed by atoms with E-state index in [0.29, 0.717) is 0 Å². The molecular weight excluding hydrogens is 274 g/mol. The minimum Gasteiger partial charge on any atom is -0.478 e. The van der Waals surface area contributed by atoms with Crippen LogP contribution in [0, 0.1) is 0 Å². The van der Waals surface area contributed by atoms with E-state index in [4.69, 9.17) is 10.8 Å². The van der Waals surface area contributed by atoms with Crippen LogP contribution in [0.2, 0.25) is 0 Å². The number of rotatable bonds is 6. The molecule has 1 aromatic rings. The Morgan fingerprint density at radius 3 is 2.42 bits per heavy atom. The molecule has 0 aliphatic heterocycles. The summed E-state index contributed by atoms with van der Waals surface area (Å²) in [5.41, 5.74) is 4.84. The lowest BCUT2D eigenvalue weighted by molar-refractivity contribution is -0.118. The van der Waals surface area contributed by atoms with Crippen molar-refractivity contribution in [1.82, 2.24) is 9.29 Å². The lowest BCUT2D eigenvalue weighted by Crippen LogP contribution is -2.38. The van der Waals surface area contributed by atoms with Crippen molar-refractivity contribution in [3.8, 4) is 0 Å². The fourth-order valence-corrected chi connectivity index (χ4v) is 2.66. The van der Waals surface area contributed by atoms with Crippen LogP contribution in [0.4, 0.5) is 0 Å². The van der Waals surface area contributed by atoms with Gasteiger partial charge in [0.25, 0.3) is 10.0 Å². The molecule has 0 spiro atoms. The fourth-order valence-electron chi connectivity index (χ4n) is 1.33. The maximum Gasteiger partial charge on any atom is 0.337 e. The smallest absolute Gasteiger partial charge is 0.337 e. The number of aromatic nitrogens is 1. The Morgan fingerprint density at radius 1 is 1.42 bits per heavy atom. The van der Waals surface area contributed by atoms with Gasteiger partial charge in [0.1, 0.15) is 0 Å². The van der Waals surface area contributed by atoms with E-state index in [1.165, 1.54) is 0 Å². The molecule has 0 unspecified atom stereocenters. The number of nitrogens with zero attached hydrogens (tertiary/aromatic N) is 2. The molecule has 104 valence electrons. The van der Waals surface area contributed by atoms with Crippen LogP contribution in [0.3, 0.4) is 0 Å². The molecule has 0 radical (unpaired) electrons. The van der Waals surface area contributed by atoms with E-state index in [9.17, 15) is 18.0 Å². The molecule has 8 nitrogen and oxygen atoms in total.